The van der Waals surface area contributed by atoms with Gasteiger partial charge in [-0.3, -0.25) is 9.69 Å². The van der Waals surface area contributed by atoms with E-state index in [4.69, 9.17) is 10.5 Å². The van der Waals surface area contributed by atoms with Gasteiger partial charge in [-0.15, -0.1) is 11.3 Å². The van der Waals surface area contributed by atoms with Crippen LogP contribution in [0.3, 0.4) is 0 Å². The third-order valence-electron chi connectivity index (χ3n) is 2.91. The van der Waals surface area contributed by atoms with E-state index in [2.05, 4.69) is 4.98 Å². The molecule has 1 aliphatic rings. The van der Waals surface area contributed by atoms with Crippen LogP contribution in [-0.4, -0.2) is 17.5 Å². The van der Waals surface area contributed by atoms with Crippen molar-refractivity contribution >= 4 is 28.6 Å². The van der Waals surface area contributed by atoms with Gasteiger partial charge >= 0.3 is 0 Å². The Balaban J connectivity index is 1.94. The number of nitrogen functional groups attached to an aromatic ring is 1. The minimum atomic E-state index is -0.0667. The van der Waals surface area contributed by atoms with Gasteiger partial charge in [0.1, 0.15) is 5.75 Å². The molecular weight excluding hydrogens is 262 g/mol. The van der Waals surface area contributed by atoms with Crippen LogP contribution in [-0.2, 0) is 11.3 Å². The zero-order valence-corrected chi connectivity index (χ0v) is 11.2. The summed E-state index contributed by atoms with van der Waals surface area (Å²) in [4.78, 5) is 18.1. The highest BCUT2D eigenvalue weighted by Gasteiger charge is 2.26. The molecule has 5 nitrogen and oxygen atoms in total. The van der Waals surface area contributed by atoms with Crippen LogP contribution in [0.5, 0.6) is 5.75 Å². The first-order chi connectivity index (χ1) is 9.13. The number of aryl methyl sites for hydroxylation is 1. The molecule has 98 valence electrons. The normalized spacial score (nSPS) is 14.2. The van der Waals surface area contributed by atoms with Gasteiger partial charge in [-0.05, 0) is 19.1 Å². The summed E-state index contributed by atoms with van der Waals surface area (Å²) in [5, 5.41) is 2.96. The fourth-order valence-corrected chi connectivity index (χ4v) is 2.64. The zero-order valence-electron chi connectivity index (χ0n) is 10.4. The number of anilines is 2. The second-order valence-corrected chi connectivity index (χ2v) is 5.42. The molecule has 0 atom stereocenters. The second-order valence-electron chi connectivity index (χ2n) is 4.35. The Morgan fingerprint density at radius 2 is 2.37 bits per heavy atom. The summed E-state index contributed by atoms with van der Waals surface area (Å²) in [7, 11) is 0. The summed E-state index contributed by atoms with van der Waals surface area (Å²) in [6, 6.07) is 5.31. The lowest BCUT2D eigenvalue weighted by Crippen LogP contribution is -2.38. The number of nitrogens with zero attached hydrogens (tertiary/aromatic N) is 2. The zero-order chi connectivity index (χ0) is 13.4. The molecule has 0 saturated carbocycles. The van der Waals surface area contributed by atoms with Gasteiger partial charge in [0.2, 0.25) is 0 Å². The smallest absolute Gasteiger partial charge is 0.265 e. The van der Waals surface area contributed by atoms with Crippen LogP contribution in [0.2, 0.25) is 0 Å². The fourth-order valence-electron chi connectivity index (χ4n) is 2.04. The lowest BCUT2D eigenvalue weighted by atomic mass is 10.2. The molecule has 6 heteroatoms. The molecule has 1 amide bonds. The molecule has 2 aromatic rings. The lowest BCUT2D eigenvalue weighted by molar-refractivity contribution is -0.121. The highest BCUT2D eigenvalue weighted by Crippen LogP contribution is 2.34. The molecule has 19 heavy (non-hydrogen) atoms. The lowest BCUT2D eigenvalue weighted by Gasteiger charge is -2.29. The predicted octanol–water partition coefficient (Wildman–Crippen LogP) is 1.96. The van der Waals surface area contributed by atoms with E-state index in [1.165, 1.54) is 0 Å². The molecule has 0 bridgehead atoms. The van der Waals surface area contributed by atoms with E-state index in [1.807, 2.05) is 12.3 Å². The summed E-state index contributed by atoms with van der Waals surface area (Å²) in [5.74, 6) is 0.578. The van der Waals surface area contributed by atoms with E-state index < -0.39 is 0 Å². The Hall–Kier alpha value is -2.08. The number of benzene rings is 1. The van der Waals surface area contributed by atoms with E-state index in [1.54, 1.807) is 34.4 Å². The number of carbonyl (C=O) groups excluding carboxylic acids is 1. The molecule has 2 heterocycles. The molecule has 0 radical (unpaired) electrons. The second kappa shape index (κ2) is 4.55. The Morgan fingerprint density at radius 3 is 3.11 bits per heavy atom. The minimum Gasteiger partial charge on any atom is -0.481 e. The van der Waals surface area contributed by atoms with Crippen LogP contribution >= 0.6 is 11.3 Å². The van der Waals surface area contributed by atoms with E-state index in [0.717, 1.165) is 16.4 Å². The minimum absolute atomic E-state index is 0.0412. The summed E-state index contributed by atoms with van der Waals surface area (Å²) in [6.07, 6.45) is 0. The largest absolute Gasteiger partial charge is 0.481 e. The molecule has 0 unspecified atom stereocenters. The van der Waals surface area contributed by atoms with E-state index in [0.29, 0.717) is 18.0 Å². The first-order valence-electron chi connectivity index (χ1n) is 5.87. The standard InChI is InChI=1S/C13H13N3O2S/c1-8-15-10(7-19-8)5-16-11-3-2-9(14)4-12(11)18-6-13(16)17/h2-4,7H,5-6,14H2,1H3. The highest BCUT2D eigenvalue weighted by atomic mass is 32.1. The van der Waals surface area contributed by atoms with Crippen LogP contribution in [0.4, 0.5) is 11.4 Å². The molecule has 3 rings (SSSR count). The van der Waals surface area contributed by atoms with Gasteiger partial charge in [-0.2, -0.15) is 0 Å². The Bertz CT molecular complexity index is 639. The van der Waals surface area contributed by atoms with Crippen LogP contribution in [0.1, 0.15) is 10.7 Å². The van der Waals surface area contributed by atoms with Gasteiger partial charge < -0.3 is 10.5 Å². The first-order valence-corrected chi connectivity index (χ1v) is 6.75. The summed E-state index contributed by atoms with van der Waals surface area (Å²) in [5.41, 5.74) is 7.98. The van der Waals surface area contributed by atoms with E-state index in [9.17, 15) is 4.79 Å². The van der Waals surface area contributed by atoms with Crippen molar-refractivity contribution in [3.05, 3.63) is 34.3 Å². The maximum absolute atomic E-state index is 12.0. The van der Waals surface area contributed by atoms with Gasteiger partial charge in [0, 0.05) is 17.1 Å². The molecule has 0 spiro atoms. The summed E-state index contributed by atoms with van der Waals surface area (Å²) < 4.78 is 5.40. The number of thiazole rings is 1. The third kappa shape index (κ3) is 2.26. The monoisotopic (exact) mass is 275 g/mol. The molecule has 1 aromatic carbocycles. The van der Waals surface area contributed by atoms with Gasteiger partial charge in [-0.25, -0.2) is 4.98 Å². The Morgan fingerprint density at radius 1 is 1.53 bits per heavy atom. The predicted molar refractivity (Wildman–Crippen MR) is 74.4 cm³/mol. The number of hydrogen-bond acceptors (Lipinski definition) is 5. The van der Waals surface area contributed by atoms with Gasteiger partial charge in [-0.1, -0.05) is 0 Å². The number of rotatable bonds is 2. The van der Waals surface area contributed by atoms with Crippen LogP contribution < -0.4 is 15.4 Å². The Kier molecular flexibility index (Phi) is 2.87. The molecule has 0 aliphatic carbocycles. The van der Waals surface area contributed by atoms with Crippen LogP contribution in [0, 0.1) is 6.92 Å². The molecular formula is C13H13N3O2S. The number of amides is 1. The highest BCUT2D eigenvalue weighted by molar-refractivity contribution is 7.09. The molecule has 2 N–H and O–H groups in total. The van der Waals surface area contributed by atoms with Crippen LogP contribution in [0.25, 0.3) is 0 Å². The van der Waals surface area contributed by atoms with E-state index >= 15 is 0 Å². The molecule has 1 aromatic heterocycles. The average Bonchev–Trinajstić information content (AvgIpc) is 2.78. The number of hydrogen-bond donors (Lipinski definition) is 1. The third-order valence-corrected chi connectivity index (χ3v) is 3.74. The van der Waals surface area contributed by atoms with Gasteiger partial charge in [0.15, 0.2) is 6.61 Å². The number of fused-ring (bicyclic) bond motifs is 1. The maximum Gasteiger partial charge on any atom is 0.265 e. The quantitative estimate of drug-likeness (QED) is 0.851. The first kappa shape index (κ1) is 12.0. The number of aromatic nitrogens is 1. The summed E-state index contributed by atoms with van der Waals surface area (Å²) in [6.45, 7) is 2.45. The van der Waals surface area contributed by atoms with Crippen molar-refractivity contribution < 1.29 is 9.53 Å². The number of nitrogens with two attached hydrogens (primary N) is 1. The molecule has 0 saturated heterocycles. The molecule has 1 aliphatic heterocycles. The topological polar surface area (TPSA) is 68.5 Å². The average molecular weight is 275 g/mol. The van der Waals surface area contributed by atoms with Gasteiger partial charge in [0.05, 0.1) is 22.9 Å². The molecule has 0 fully saturated rings. The SMILES string of the molecule is Cc1nc(CN2C(=O)COc3cc(N)ccc32)cs1. The van der Waals surface area contributed by atoms with Crippen molar-refractivity contribution in [1.82, 2.24) is 4.98 Å². The van der Waals surface area contributed by atoms with Crippen molar-refractivity contribution in [2.24, 2.45) is 0 Å². The van der Waals surface area contributed by atoms with Crippen molar-refractivity contribution in [3.63, 3.8) is 0 Å². The van der Waals surface area contributed by atoms with Crippen molar-refractivity contribution in [3.8, 4) is 5.75 Å². The summed E-state index contributed by atoms with van der Waals surface area (Å²) >= 11 is 1.58. The Labute approximate surface area is 114 Å². The van der Waals surface area contributed by atoms with Gasteiger partial charge in [0.25, 0.3) is 5.91 Å². The number of carbonyl (C=O) groups is 1. The van der Waals surface area contributed by atoms with E-state index in [-0.39, 0.29) is 12.5 Å². The number of ether oxygens (including phenoxy) is 1. The van der Waals surface area contributed by atoms with Crippen molar-refractivity contribution in [1.29, 1.82) is 0 Å². The van der Waals surface area contributed by atoms with Crippen molar-refractivity contribution in [2.75, 3.05) is 17.2 Å². The van der Waals surface area contributed by atoms with Crippen LogP contribution in [0.15, 0.2) is 23.6 Å². The fraction of sp³-hybridized carbons (Fsp3) is 0.231. The van der Waals surface area contributed by atoms with Crippen molar-refractivity contribution in [2.45, 2.75) is 13.5 Å². The maximum atomic E-state index is 12.0.